The van der Waals surface area contributed by atoms with Crippen LogP contribution in [0.25, 0.3) is 11.4 Å². The normalized spacial score (nSPS) is 12.3. The fourth-order valence-electron chi connectivity index (χ4n) is 2.47. The van der Waals surface area contributed by atoms with Crippen LogP contribution >= 0.6 is 0 Å². The van der Waals surface area contributed by atoms with Gasteiger partial charge < -0.3 is 15.4 Å². The molecule has 0 aliphatic carbocycles. The highest BCUT2D eigenvalue weighted by molar-refractivity contribution is 5.68. The number of rotatable bonds is 7. The highest BCUT2D eigenvalue weighted by Crippen LogP contribution is 2.32. The van der Waals surface area contributed by atoms with Crippen LogP contribution in [0, 0.1) is 0 Å². The standard InChI is InChI=1S/C20H20F3N5O/c1-3-13(2)25-19-27-16(14-8-6-7-11-24-14)12-18(28-19)26-15-9-4-5-10-17(15)29-20(21,22)23/h4-13H,3H2,1-2H3,(H2,25,26,27,28)/t13-/m1/s1. The van der Waals surface area contributed by atoms with E-state index in [1.165, 1.54) is 18.2 Å². The molecule has 1 aromatic carbocycles. The molecule has 9 heteroatoms. The Morgan fingerprint density at radius 3 is 2.48 bits per heavy atom. The number of ether oxygens (including phenoxy) is 1. The monoisotopic (exact) mass is 403 g/mol. The number of anilines is 3. The van der Waals surface area contributed by atoms with Crippen molar-refractivity contribution in [3.05, 3.63) is 54.7 Å². The molecule has 0 fully saturated rings. The molecule has 0 aliphatic rings. The number of para-hydroxylation sites is 2. The van der Waals surface area contributed by atoms with Crippen LogP contribution in [-0.2, 0) is 0 Å². The number of nitrogens with zero attached hydrogens (tertiary/aromatic N) is 3. The molecule has 0 saturated carbocycles. The van der Waals surface area contributed by atoms with Gasteiger partial charge in [0.1, 0.15) is 5.82 Å². The van der Waals surface area contributed by atoms with Gasteiger partial charge in [0, 0.05) is 18.3 Å². The number of nitrogens with one attached hydrogen (secondary N) is 2. The van der Waals surface area contributed by atoms with Crippen LogP contribution in [0.5, 0.6) is 5.75 Å². The third kappa shape index (κ3) is 5.81. The van der Waals surface area contributed by atoms with Gasteiger partial charge in [0.2, 0.25) is 5.95 Å². The molecule has 3 rings (SSSR count). The molecule has 29 heavy (non-hydrogen) atoms. The number of hydrogen-bond donors (Lipinski definition) is 2. The second-order valence-corrected chi connectivity index (χ2v) is 6.30. The summed E-state index contributed by atoms with van der Waals surface area (Å²) in [5.41, 5.74) is 1.28. The van der Waals surface area contributed by atoms with E-state index < -0.39 is 6.36 Å². The molecule has 2 N–H and O–H groups in total. The van der Waals surface area contributed by atoms with Crippen molar-refractivity contribution < 1.29 is 17.9 Å². The van der Waals surface area contributed by atoms with Gasteiger partial charge in [-0.1, -0.05) is 25.1 Å². The summed E-state index contributed by atoms with van der Waals surface area (Å²) in [6.07, 6.45) is -2.31. The van der Waals surface area contributed by atoms with Gasteiger partial charge in [-0.3, -0.25) is 4.98 Å². The molecule has 0 bridgehead atoms. The molecule has 0 saturated heterocycles. The van der Waals surface area contributed by atoms with Crippen LogP contribution in [0.15, 0.2) is 54.7 Å². The van der Waals surface area contributed by atoms with E-state index in [1.54, 1.807) is 30.5 Å². The minimum atomic E-state index is -4.80. The number of halogens is 3. The minimum Gasteiger partial charge on any atom is -0.404 e. The van der Waals surface area contributed by atoms with Crippen LogP contribution in [0.3, 0.4) is 0 Å². The van der Waals surface area contributed by atoms with Crippen molar-refractivity contribution in [1.82, 2.24) is 15.0 Å². The lowest BCUT2D eigenvalue weighted by Crippen LogP contribution is -2.18. The van der Waals surface area contributed by atoms with Crippen molar-refractivity contribution in [2.24, 2.45) is 0 Å². The van der Waals surface area contributed by atoms with Gasteiger partial charge >= 0.3 is 6.36 Å². The Morgan fingerprint density at radius 1 is 1.03 bits per heavy atom. The van der Waals surface area contributed by atoms with E-state index in [-0.39, 0.29) is 17.5 Å². The number of alkyl halides is 3. The van der Waals surface area contributed by atoms with Crippen molar-refractivity contribution in [2.45, 2.75) is 32.7 Å². The zero-order chi connectivity index (χ0) is 20.9. The average molecular weight is 403 g/mol. The molecule has 0 spiro atoms. The Bertz CT molecular complexity index is 950. The average Bonchev–Trinajstić information content (AvgIpc) is 2.69. The second-order valence-electron chi connectivity index (χ2n) is 6.30. The summed E-state index contributed by atoms with van der Waals surface area (Å²) in [5.74, 6) is 0.304. The summed E-state index contributed by atoms with van der Waals surface area (Å²) < 4.78 is 42.2. The van der Waals surface area contributed by atoms with Crippen LogP contribution in [-0.4, -0.2) is 27.4 Å². The highest BCUT2D eigenvalue weighted by Gasteiger charge is 2.32. The lowest BCUT2D eigenvalue weighted by molar-refractivity contribution is -0.274. The summed E-state index contributed by atoms with van der Waals surface area (Å²) in [6.45, 7) is 4.00. The molecular weight excluding hydrogens is 383 g/mol. The highest BCUT2D eigenvalue weighted by atomic mass is 19.4. The fourth-order valence-corrected chi connectivity index (χ4v) is 2.47. The molecular formula is C20H20F3N5O. The van der Waals surface area contributed by atoms with E-state index in [4.69, 9.17) is 0 Å². The maximum Gasteiger partial charge on any atom is 0.573 e. The third-order valence-corrected chi connectivity index (χ3v) is 4.02. The Kier molecular flexibility index (Phi) is 6.16. The number of benzene rings is 1. The maximum atomic E-state index is 12.7. The van der Waals surface area contributed by atoms with Crippen LogP contribution in [0.2, 0.25) is 0 Å². The summed E-state index contributed by atoms with van der Waals surface area (Å²) in [5, 5.41) is 6.07. The lowest BCUT2D eigenvalue weighted by Gasteiger charge is -2.16. The first-order chi connectivity index (χ1) is 13.8. The number of aromatic nitrogens is 3. The molecule has 0 aliphatic heterocycles. The maximum absolute atomic E-state index is 12.7. The van der Waals surface area contributed by atoms with Gasteiger partial charge in [-0.15, -0.1) is 13.2 Å². The van der Waals surface area contributed by atoms with E-state index in [1.807, 2.05) is 19.9 Å². The number of hydrogen-bond acceptors (Lipinski definition) is 6. The van der Waals surface area contributed by atoms with E-state index >= 15 is 0 Å². The van der Waals surface area contributed by atoms with Crippen molar-refractivity contribution in [3.63, 3.8) is 0 Å². The Hall–Kier alpha value is -3.36. The summed E-state index contributed by atoms with van der Waals surface area (Å²) in [6, 6.07) is 12.9. The van der Waals surface area contributed by atoms with Gasteiger partial charge in [0.25, 0.3) is 0 Å². The van der Waals surface area contributed by atoms with Crippen molar-refractivity contribution >= 4 is 17.5 Å². The van der Waals surface area contributed by atoms with E-state index in [0.29, 0.717) is 23.2 Å². The van der Waals surface area contributed by atoms with Gasteiger partial charge in [0.15, 0.2) is 5.75 Å². The molecule has 1 atom stereocenters. The zero-order valence-electron chi connectivity index (χ0n) is 15.9. The fraction of sp³-hybridized carbons (Fsp3) is 0.250. The smallest absolute Gasteiger partial charge is 0.404 e. The molecule has 2 aromatic heterocycles. The summed E-state index contributed by atoms with van der Waals surface area (Å²) >= 11 is 0. The van der Waals surface area contributed by atoms with Crippen molar-refractivity contribution in [3.8, 4) is 17.1 Å². The molecule has 0 radical (unpaired) electrons. The van der Waals surface area contributed by atoms with E-state index in [0.717, 1.165) is 6.42 Å². The third-order valence-electron chi connectivity index (χ3n) is 4.02. The SMILES string of the molecule is CC[C@@H](C)Nc1nc(Nc2ccccc2OC(F)(F)F)cc(-c2ccccn2)n1. The molecule has 2 heterocycles. The first kappa shape index (κ1) is 20.4. The predicted octanol–water partition coefficient (Wildman–Crippen LogP) is 5.39. The molecule has 0 unspecified atom stereocenters. The van der Waals surface area contributed by atoms with Crippen LogP contribution in [0.4, 0.5) is 30.6 Å². The predicted molar refractivity (Wildman–Crippen MR) is 105 cm³/mol. The van der Waals surface area contributed by atoms with E-state index in [2.05, 4.69) is 30.3 Å². The minimum absolute atomic E-state index is 0.114. The van der Waals surface area contributed by atoms with Gasteiger partial charge in [0.05, 0.1) is 17.1 Å². The summed E-state index contributed by atoms with van der Waals surface area (Å²) in [7, 11) is 0. The van der Waals surface area contributed by atoms with Crippen LogP contribution < -0.4 is 15.4 Å². The molecule has 6 nitrogen and oxygen atoms in total. The molecule has 0 amide bonds. The van der Waals surface area contributed by atoms with Gasteiger partial charge in [-0.05, 0) is 37.6 Å². The number of pyridine rings is 1. The first-order valence-corrected chi connectivity index (χ1v) is 9.03. The zero-order valence-corrected chi connectivity index (χ0v) is 15.9. The Balaban J connectivity index is 1.98. The second kappa shape index (κ2) is 8.76. The van der Waals surface area contributed by atoms with Crippen molar-refractivity contribution in [2.75, 3.05) is 10.6 Å². The Labute approximate surface area is 166 Å². The molecule has 152 valence electrons. The van der Waals surface area contributed by atoms with Gasteiger partial charge in [-0.25, -0.2) is 4.98 Å². The van der Waals surface area contributed by atoms with Crippen molar-refractivity contribution in [1.29, 1.82) is 0 Å². The van der Waals surface area contributed by atoms with Crippen LogP contribution in [0.1, 0.15) is 20.3 Å². The van der Waals surface area contributed by atoms with Gasteiger partial charge in [-0.2, -0.15) is 4.98 Å². The quantitative estimate of drug-likeness (QED) is 0.551. The lowest BCUT2D eigenvalue weighted by atomic mass is 10.2. The summed E-state index contributed by atoms with van der Waals surface area (Å²) in [4.78, 5) is 13.1. The molecule has 3 aromatic rings. The topological polar surface area (TPSA) is 72.0 Å². The largest absolute Gasteiger partial charge is 0.573 e. The van der Waals surface area contributed by atoms with E-state index in [9.17, 15) is 13.2 Å². The Morgan fingerprint density at radius 2 is 1.79 bits per heavy atom. The first-order valence-electron chi connectivity index (χ1n) is 9.03.